The molecule has 1 aromatic carbocycles. The lowest BCUT2D eigenvalue weighted by molar-refractivity contribution is -0.276. The van der Waals surface area contributed by atoms with Crippen LogP contribution in [0.4, 0.5) is 13.2 Å². The van der Waals surface area contributed by atoms with Crippen LogP contribution in [0.15, 0.2) is 30.3 Å². The van der Waals surface area contributed by atoms with Crippen molar-refractivity contribution < 1.29 is 36.6 Å². The molecule has 1 aromatic rings. The van der Waals surface area contributed by atoms with Crippen LogP contribution < -0.4 is 0 Å². The van der Waals surface area contributed by atoms with Crippen molar-refractivity contribution in [1.82, 2.24) is 0 Å². The van der Waals surface area contributed by atoms with Crippen molar-refractivity contribution in [1.29, 1.82) is 0 Å². The maximum absolute atomic E-state index is 13.8. The largest absolute Gasteiger partial charge is 0.460 e. The third-order valence-corrected chi connectivity index (χ3v) is 10.2. The number of hydrogen-bond donors (Lipinski definition) is 0. The third-order valence-electron chi connectivity index (χ3n) is 5.65. The van der Waals surface area contributed by atoms with E-state index in [1.54, 1.807) is 6.07 Å². The zero-order valence-corrected chi connectivity index (χ0v) is 18.6. The highest BCUT2D eigenvalue weighted by molar-refractivity contribution is 6.74. The van der Waals surface area contributed by atoms with Crippen molar-refractivity contribution in [2.45, 2.75) is 62.9 Å². The monoisotopic (exact) mass is 434 g/mol. The van der Waals surface area contributed by atoms with Gasteiger partial charge >= 0.3 is 12.1 Å². The molecule has 5 nitrogen and oxygen atoms in total. The van der Waals surface area contributed by atoms with Crippen LogP contribution in [0.3, 0.4) is 0 Å². The number of benzene rings is 1. The number of rotatable bonds is 8. The highest BCUT2D eigenvalue weighted by Crippen LogP contribution is 2.43. The van der Waals surface area contributed by atoms with Crippen LogP contribution >= 0.6 is 0 Å². The minimum absolute atomic E-state index is 0.0321. The van der Waals surface area contributed by atoms with Crippen molar-refractivity contribution >= 4 is 14.3 Å². The lowest BCUT2D eigenvalue weighted by atomic mass is 9.93. The maximum Gasteiger partial charge on any atom is 0.432 e. The van der Waals surface area contributed by atoms with Gasteiger partial charge in [0.1, 0.15) is 18.8 Å². The summed E-state index contributed by atoms with van der Waals surface area (Å²) in [5, 5.41) is 0.0321. The second-order valence-corrected chi connectivity index (χ2v) is 13.4. The van der Waals surface area contributed by atoms with Crippen LogP contribution in [0.5, 0.6) is 0 Å². The molecule has 0 amide bonds. The first kappa shape index (κ1) is 23.9. The number of carbonyl (C=O) groups is 1. The van der Waals surface area contributed by atoms with E-state index in [-0.39, 0.29) is 23.3 Å². The third kappa shape index (κ3) is 5.02. The molecule has 0 saturated carbocycles. The average Bonchev–Trinajstić information content (AvgIpc) is 3.36. The SMILES string of the molecule is CO[C@@](C(=O)OC[C@@H]1O[C@@H]1CO[Si](C)(C)C(C)(C)C)(c1ccccc1)C(F)(F)F. The van der Waals surface area contributed by atoms with Crippen LogP contribution in [-0.2, 0) is 29.0 Å². The van der Waals surface area contributed by atoms with Gasteiger partial charge in [0.15, 0.2) is 8.32 Å². The normalized spacial score (nSPS) is 22.1. The second-order valence-electron chi connectivity index (χ2n) is 8.63. The molecule has 0 aromatic heterocycles. The minimum Gasteiger partial charge on any atom is -0.460 e. The predicted octanol–water partition coefficient (Wildman–Crippen LogP) is 4.42. The Bertz CT molecular complexity index is 702. The first-order chi connectivity index (χ1) is 13.3. The highest BCUT2D eigenvalue weighted by Gasteiger charge is 2.64. The topological polar surface area (TPSA) is 57.3 Å². The van der Waals surface area contributed by atoms with Gasteiger partial charge in [-0.3, -0.25) is 0 Å². The highest BCUT2D eigenvalue weighted by atomic mass is 28.4. The number of esters is 1. The molecule has 0 N–H and O–H groups in total. The number of ether oxygens (including phenoxy) is 3. The van der Waals surface area contributed by atoms with Gasteiger partial charge in [0.05, 0.1) is 6.61 Å². The lowest BCUT2D eigenvalue weighted by Gasteiger charge is -2.36. The van der Waals surface area contributed by atoms with Crippen LogP contribution in [-0.4, -0.2) is 53.0 Å². The first-order valence-corrected chi connectivity index (χ1v) is 12.3. The quantitative estimate of drug-likeness (QED) is 0.344. The molecule has 1 saturated heterocycles. The Morgan fingerprint density at radius 3 is 2.10 bits per heavy atom. The van der Waals surface area contributed by atoms with E-state index >= 15 is 0 Å². The fraction of sp³-hybridized carbons (Fsp3) is 0.650. The van der Waals surface area contributed by atoms with Crippen molar-refractivity contribution in [3.63, 3.8) is 0 Å². The molecule has 1 heterocycles. The molecule has 0 unspecified atom stereocenters. The van der Waals surface area contributed by atoms with Gasteiger partial charge in [-0.2, -0.15) is 13.2 Å². The zero-order chi connectivity index (χ0) is 22.1. The summed E-state index contributed by atoms with van der Waals surface area (Å²) in [5.41, 5.74) is -3.52. The van der Waals surface area contributed by atoms with Gasteiger partial charge in [-0.1, -0.05) is 51.1 Å². The number of hydrogen-bond acceptors (Lipinski definition) is 5. The fourth-order valence-corrected chi connectivity index (χ4v) is 3.64. The molecule has 1 aliphatic heterocycles. The van der Waals surface area contributed by atoms with Gasteiger partial charge in [-0.25, -0.2) is 4.79 Å². The zero-order valence-electron chi connectivity index (χ0n) is 17.6. The summed E-state index contributed by atoms with van der Waals surface area (Å²) in [6.45, 7) is 10.6. The van der Waals surface area contributed by atoms with Gasteiger partial charge in [0.2, 0.25) is 0 Å². The van der Waals surface area contributed by atoms with Gasteiger partial charge in [0.25, 0.3) is 5.60 Å². The van der Waals surface area contributed by atoms with E-state index in [0.29, 0.717) is 6.61 Å². The molecule has 164 valence electrons. The molecule has 2 rings (SSSR count). The Kier molecular flexibility index (Phi) is 6.88. The fourth-order valence-electron chi connectivity index (χ4n) is 2.63. The lowest BCUT2D eigenvalue weighted by Crippen LogP contribution is -2.52. The van der Waals surface area contributed by atoms with E-state index in [1.807, 2.05) is 0 Å². The molecule has 1 fully saturated rings. The molecule has 9 heteroatoms. The number of methoxy groups -OCH3 is 1. The summed E-state index contributed by atoms with van der Waals surface area (Å²) in [7, 11) is -1.12. The number of halogens is 3. The molecule has 1 aliphatic rings. The molecule has 0 radical (unpaired) electrons. The molecule has 3 atom stereocenters. The summed E-state index contributed by atoms with van der Waals surface area (Å²) in [5.74, 6) is -1.52. The van der Waals surface area contributed by atoms with E-state index in [2.05, 4.69) is 33.9 Å². The van der Waals surface area contributed by atoms with Gasteiger partial charge in [-0.15, -0.1) is 0 Å². The molecule has 0 bridgehead atoms. The van der Waals surface area contributed by atoms with E-state index < -0.39 is 32.2 Å². The standard InChI is InChI=1S/C20H29F3O5Si/c1-18(2,3)29(5,6)27-13-16-15(28-16)12-26-17(24)19(25-4,20(21,22)23)14-10-8-7-9-11-14/h7-11,15-16H,12-13H2,1-6H3/t15-,16+,19+/m0/s1. The molecular formula is C20H29F3O5Si. The predicted molar refractivity (Wildman–Crippen MR) is 104 cm³/mol. The summed E-state index contributed by atoms with van der Waals surface area (Å²) >= 11 is 0. The van der Waals surface area contributed by atoms with E-state index in [0.717, 1.165) is 7.11 Å². The summed E-state index contributed by atoms with van der Waals surface area (Å²) < 4.78 is 62.6. The Morgan fingerprint density at radius 2 is 1.62 bits per heavy atom. The van der Waals surface area contributed by atoms with Crippen molar-refractivity contribution in [3.05, 3.63) is 35.9 Å². The number of carbonyl (C=O) groups excluding carboxylic acids is 1. The Labute approximate surface area is 170 Å². The number of epoxide rings is 1. The molecule has 0 aliphatic carbocycles. The van der Waals surface area contributed by atoms with Crippen LogP contribution in [0.1, 0.15) is 26.3 Å². The molecular weight excluding hydrogens is 405 g/mol. The van der Waals surface area contributed by atoms with Crippen LogP contribution in [0.25, 0.3) is 0 Å². The van der Waals surface area contributed by atoms with Crippen LogP contribution in [0.2, 0.25) is 18.1 Å². The van der Waals surface area contributed by atoms with Crippen LogP contribution in [0, 0.1) is 0 Å². The summed E-state index contributed by atoms with van der Waals surface area (Å²) in [6.07, 6.45) is -5.77. The molecule has 29 heavy (non-hydrogen) atoms. The number of alkyl halides is 3. The van der Waals surface area contributed by atoms with Crippen molar-refractivity contribution in [2.75, 3.05) is 20.3 Å². The molecule has 0 spiro atoms. The minimum atomic E-state index is -4.99. The Hall–Kier alpha value is -1.42. The van der Waals surface area contributed by atoms with Gasteiger partial charge < -0.3 is 18.6 Å². The average molecular weight is 435 g/mol. The van der Waals surface area contributed by atoms with Crippen molar-refractivity contribution in [3.8, 4) is 0 Å². The summed E-state index contributed by atoms with van der Waals surface area (Å²) in [4.78, 5) is 12.5. The smallest absolute Gasteiger partial charge is 0.432 e. The maximum atomic E-state index is 13.8. The van der Waals surface area contributed by atoms with E-state index in [9.17, 15) is 18.0 Å². The second kappa shape index (κ2) is 8.37. The van der Waals surface area contributed by atoms with E-state index in [4.69, 9.17) is 18.6 Å². The first-order valence-electron chi connectivity index (χ1n) is 9.40. The Morgan fingerprint density at radius 1 is 1.07 bits per heavy atom. The van der Waals surface area contributed by atoms with Gasteiger partial charge in [0, 0.05) is 12.7 Å². The van der Waals surface area contributed by atoms with Gasteiger partial charge in [-0.05, 0) is 18.1 Å². The Balaban J connectivity index is 1.99. The summed E-state index contributed by atoms with van der Waals surface area (Å²) in [6, 6.07) is 6.72. The van der Waals surface area contributed by atoms with E-state index in [1.165, 1.54) is 24.3 Å². The van der Waals surface area contributed by atoms with Crippen molar-refractivity contribution in [2.24, 2.45) is 0 Å².